The minimum absolute atomic E-state index is 0.0259. The monoisotopic (exact) mass is 1540 g/mol. The van der Waals surface area contributed by atoms with Gasteiger partial charge in [-0.25, -0.2) is 9.13 Å². The van der Waals surface area contributed by atoms with Crippen molar-refractivity contribution in [3.05, 3.63) is 194 Å². The van der Waals surface area contributed by atoms with Crippen molar-refractivity contribution in [3.8, 4) is 0 Å². The van der Waals surface area contributed by atoms with E-state index in [1.165, 1.54) is 0 Å². The Morgan fingerprint density at radius 3 is 0.806 bits per heavy atom. The average Bonchev–Trinajstić information content (AvgIpc) is 0.886. The number of allylic oxidation sites excluding steroid dienone is 32. The molecule has 0 aromatic carbocycles. The smallest absolute Gasteiger partial charge is 0.462 e. The van der Waals surface area contributed by atoms with Crippen LogP contribution in [0, 0.1) is 0 Å². The van der Waals surface area contributed by atoms with Crippen molar-refractivity contribution >= 4 is 39.5 Å². The Kier molecular flexibility index (Phi) is 74.5. The molecule has 0 aromatic rings. The Balaban J connectivity index is 5.49. The number of carbonyl (C=O) groups excluding carboxylic acids is 4. The third-order valence-electron chi connectivity index (χ3n) is 16.0. The molecule has 0 saturated carbocycles. The van der Waals surface area contributed by atoms with Crippen molar-refractivity contribution in [1.82, 2.24) is 0 Å². The molecule has 0 spiro atoms. The van der Waals surface area contributed by atoms with Crippen LogP contribution in [0.1, 0.15) is 285 Å². The lowest BCUT2D eigenvalue weighted by Gasteiger charge is -2.21. The van der Waals surface area contributed by atoms with Crippen LogP contribution in [0.15, 0.2) is 194 Å². The van der Waals surface area contributed by atoms with Gasteiger partial charge < -0.3 is 33.8 Å². The van der Waals surface area contributed by atoms with Crippen molar-refractivity contribution in [2.75, 3.05) is 39.6 Å². The lowest BCUT2D eigenvalue weighted by atomic mass is 10.1. The first-order valence-corrected chi connectivity index (χ1v) is 43.7. The zero-order valence-corrected chi connectivity index (χ0v) is 68.5. The van der Waals surface area contributed by atoms with Gasteiger partial charge in [-0.05, 0) is 167 Å². The van der Waals surface area contributed by atoms with E-state index in [1.807, 2.05) is 18.2 Å². The second-order valence-electron chi connectivity index (χ2n) is 26.2. The van der Waals surface area contributed by atoms with Gasteiger partial charge in [0.1, 0.15) is 19.3 Å². The standard InChI is InChI=1S/C89H142O17P2/c1-5-9-13-17-21-25-29-33-36-39-41-44-46-50-53-57-61-65-69-73-86(91)99-79-84(105-88(93)75-71-67-63-59-55-49-32-28-24-20-16-12-8-4)81-103-107(95,96)101-77-83(90)78-102-108(97,98)104-82-85(106-89(94)76-72-68-64-60-56-52-48-43-38-35-31-27-23-19-15-11-7-3)80-100-87(92)74-70-66-62-58-54-51-47-45-42-40-37-34-30-26-22-18-14-10-6-2/h9-11,13-16,20-23,25-28,32-38,41-42,44-45,50-51,53-54,62,66,83-85,90H,5-8,12,17-19,24,29-31,39-40,43,46-49,52,55-61,63-65,67-82H2,1-4H3,(H,95,96)(H,97,98)/b13-9-,14-10-,15-11-,20-16-,25-21-,26-22-,27-23-,32-28-,36-33-,37-34-,38-35-,44-41-,45-42-,53-50-,54-51-,66-62-. The summed E-state index contributed by atoms with van der Waals surface area (Å²) in [5.41, 5.74) is 0. The summed E-state index contributed by atoms with van der Waals surface area (Å²) in [6.45, 7) is 4.30. The first kappa shape index (κ1) is 102. The van der Waals surface area contributed by atoms with Crippen LogP contribution in [0.3, 0.4) is 0 Å². The maximum absolute atomic E-state index is 13.1. The van der Waals surface area contributed by atoms with E-state index in [0.29, 0.717) is 32.1 Å². The highest BCUT2D eigenvalue weighted by Crippen LogP contribution is 2.45. The molecular weight excluding hydrogens is 1400 g/mol. The summed E-state index contributed by atoms with van der Waals surface area (Å²) in [5.74, 6) is -2.35. The van der Waals surface area contributed by atoms with E-state index in [1.54, 1.807) is 0 Å². The Morgan fingerprint density at radius 2 is 0.500 bits per heavy atom. The molecule has 108 heavy (non-hydrogen) atoms. The largest absolute Gasteiger partial charge is 0.472 e. The number of phosphoric acid groups is 2. The third-order valence-corrected chi connectivity index (χ3v) is 17.9. The van der Waals surface area contributed by atoms with Crippen LogP contribution in [0.5, 0.6) is 0 Å². The molecular formula is C89H142O17P2. The average molecular weight is 1550 g/mol. The molecule has 0 aliphatic carbocycles. The van der Waals surface area contributed by atoms with E-state index in [9.17, 15) is 43.2 Å². The number of hydrogen-bond donors (Lipinski definition) is 3. The van der Waals surface area contributed by atoms with E-state index < -0.39 is 97.5 Å². The molecule has 19 heteroatoms. The Bertz CT molecular complexity index is 2810. The maximum Gasteiger partial charge on any atom is 0.472 e. The summed E-state index contributed by atoms with van der Waals surface area (Å²) in [7, 11) is -10.0. The van der Waals surface area contributed by atoms with Crippen molar-refractivity contribution in [3.63, 3.8) is 0 Å². The van der Waals surface area contributed by atoms with Crippen molar-refractivity contribution in [1.29, 1.82) is 0 Å². The van der Waals surface area contributed by atoms with Gasteiger partial charge >= 0.3 is 39.5 Å². The molecule has 0 bridgehead atoms. The predicted octanol–water partition coefficient (Wildman–Crippen LogP) is 24.1. The van der Waals surface area contributed by atoms with Gasteiger partial charge in [0.05, 0.1) is 26.4 Å². The van der Waals surface area contributed by atoms with Gasteiger partial charge in [0, 0.05) is 25.7 Å². The van der Waals surface area contributed by atoms with Gasteiger partial charge in [-0.3, -0.25) is 37.3 Å². The number of aliphatic hydroxyl groups is 1. The highest BCUT2D eigenvalue weighted by molar-refractivity contribution is 7.47. The number of rotatable bonds is 74. The lowest BCUT2D eigenvalue weighted by molar-refractivity contribution is -0.161. The summed E-state index contributed by atoms with van der Waals surface area (Å²) in [5, 5.41) is 10.7. The van der Waals surface area contributed by atoms with Crippen LogP contribution >= 0.6 is 15.6 Å². The minimum Gasteiger partial charge on any atom is -0.462 e. The summed E-state index contributed by atoms with van der Waals surface area (Å²) >= 11 is 0. The number of unbranched alkanes of at least 4 members (excludes halogenated alkanes) is 16. The second kappa shape index (κ2) is 79.0. The summed E-state index contributed by atoms with van der Waals surface area (Å²) < 4.78 is 68.5. The van der Waals surface area contributed by atoms with E-state index in [4.69, 9.17) is 37.0 Å². The Hall–Kier alpha value is -6.10. The fourth-order valence-corrected chi connectivity index (χ4v) is 11.5. The summed E-state index contributed by atoms with van der Waals surface area (Å²) in [6, 6.07) is 0. The molecule has 610 valence electrons. The van der Waals surface area contributed by atoms with E-state index in [2.05, 4.69) is 204 Å². The zero-order valence-electron chi connectivity index (χ0n) is 66.7. The topological polar surface area (TPSA) is 237 Å². The highest BCUT2D eigenvalue weighted by atomic mass is 31.2. The number of esters is 4. The van der Waals surface area contributed by atoms with E-state index in [0.717, 1.165) is 199 Å². The minimum atomic E-state index is -5.01. The molecule has 0 saturated heterocycles. The summed E-state index contributed by atoms with van der Waals surface area (Å²) in [6.07, 6.45) is 97.1. The molecule has 0 radical (unpaired) electrons. The molecule has 0 fully saturated rings. The first-order valence-electron chi connectivity index (χ1n) is 40.7. The second-order valence-corrected chi connectivity index (χ2v) is 29.1. The van der Waals surface area contributed by atoms with Gasteiger partial charge in [0.15, 0.2) is 12.2 Å². The van der Waals surface area contributed by atoms with Crippen molar-refractivity contribution in [2.45, 2.75) is 303 Å². The molecule has 0 amide bonds. The van der Waals surface area contributed by atoms with Gasteiger partial charge in [0.2, 0.25) is 0 Å². The van der Waals surface area contributed by atoms with E-state index in [-0.39, 0.29) is 25.7 Å². The number of carbonyl (C=O) groups is 4. The lowest BCUT2D eigenvalue weighted by Crippen LogP contribution is -2.30. The molecule has 17 nitrogen and oxygen atoms in total. The number of aliphatic hydroxyl groups excluding tert-OH is 1. The third kappa shape index (κ3) is 78.0. The number of ether oxygens (including phenoxy) is 4. The number of phosphoric ester groups is 2. The van der Waals surface area contributed by atoms with Crippen LogP contribution in [0.4, 0.5) is 0 Å². The van der Waals surface area contributed by atoms with Gasteiger partial charge in [-0.2, -0.15) is 0 Å². The number of hydrogen-bond acceptors (Lipinski definition) is 15. The zero-order chi connectivity index (χ0) is 78.9. The molecule has 5 unspecified atom stereocenters. The van der Waals surface area contributed by atoms with Crippen LogP contribution in [-0.4, -0.2) is 96.7 Å². The predicted molar refractivity (Wildman–Crippen MR) is 445 cm³/mol. The Labute approximate surface area is 653 Å². The van der Waals surface area contributed by atoms with Crippen molar-refractivity contribution in [2.24, 2.45) is 0 Å². The summed E-state index contributed by atoms with van der Waals surface area (Å²) in [4.78, 5) is 73.1. The molecule has 0 aliphatic heterocycles. The van der Waals surface area contributed by atoms with Crippen molar-refractivity contribution < 1.29 is 80.2 Å². The first-order chi connectivity index (χ1) is 52.7. The van der Waals surface area contributed by atoms with Crippen LogP contribution in [0.25, 0.3) is 0 Å². The van der Waals surface area contributed by atoms with Gasteiger partial charge in [-0.1, -0.05) is 286 Å². The molecule has 0 rings (SSSR count). The van der Waals surface area contributed by atoms with Crippen LogP contribution < -0.4 is 0 Å². The molecule has 5 atom stereocenters. The SMILES string of the molecule is CC/C=C\C/C=C\C/C=C\C/C=C\C/C=C\C/C=C\CCC(=O)OCC(COP(=O)(O)OCC(O)COP(=O)(O)OCC(COC(=O)CCCCC/C=C\C/C=C\C/C=C\C/C=C\C/C=C\CC)OC(=O)CCCCCCC/C=C\C/C=C\CCC)OC(=O)CCCCCCCCC/C=C\C/C=C\C/C=C\CC. The maximum atomic E-state index is 13.1. The molecule has 0 heterocycles. The fourth-order valence-electron chi connectivity index (χ4n) is 9.97. The molecule has 0 aromatic heterocycles. The van der Waals surface area contributed by atoms with Gasteiger partial charge in [-0.15, -0.1) is 0 Å². The normalized spacial score (nSPS) is 14.8. The molecule has 0 aliphatic rings. The fraction of sp³-hybridized carbons (Fsp3) is 0.596. The Morgan fingerprint density at radius 1 is 0.269 bits per heavy atom. The van der Waals surface area contributed by atoms with Crippen LogP contribution in [-0.2, 0) is 65.4 Å². The highest BCUT2D eigenvalue weighted by Gasteiger charge is 2.30. The van der Waals surface area contributed by atoms with E-state index >= 15 is 0 Å². The van der Waals surface area contributed by atoms with Gasteiger partial charge in [0.25, 0.3) is 0 Å². The quantitative estimate of drug-likeness (QED) is 0.0169. The van der Waals surface area contributed by atoms with Crippen LogP contribution in [0.2, 0.25) is 0 Å². The molecule has 3 N–H and O–H groups in total.